The van der Waals surface area contributed by atoms with E-state index in [1.165, 1.54) is 0 Å². The first-order valence-electron chi connectivity index (χ1n) is 6.55. The van der Waals surface area contributed by atoms with Crippen molar-refractivity contribution in [2.24, 2.45) is 22.7 Å². The minimum absolute atomic E-state index is 0.0253. The highest BCUT2D eigenvalue weighted by molar-refractivity contribution is 5.84. The number of hydrogen-bond donors (Lipinski definition) is 2. The maximum Gasteiger partial charge on any atom is 0.224 e. The van der Waals surface area contributed by atoms with Crippen LogP contribution in [0.3, 0.4) is 0 Å². The number of aliphatic hydroxyl groups excluding tert-OH is 1. The van der Waals surface area contributed by atoms with E-state index in [4.69, 9.17) is 0 Å². The maximum absolute atomic E-state index is 12.2. The van der Waals surface area contributed by atoms with Gasteiger partial charge in [0.1, 0.15) is 0 Å². The Morgan fingerprint density at radius 1 is 1.24 bits per heavy atom. The van der Waals surface area contributed by atoms with E-state index in [1.807, 2.05) is 0 Å². The topological polar surface area (TPSA) is 49.3 Å². The van der Waals surface area contributed by atoms with Gasteiger partial charge in [-0.15, -0.1) is 0 Å². The number of hydrogen-bond acceptors (Lipinski definition) is 2. The lowest BCUT2D eigenvalue weighted by Crippen LogP contribution is -2.40. The number of carbonyl (C=O) groups is 1. The zero-order valence-electron chi connectivity index (χ0n) is 12.0. The number of amides is 1. The van der Waals surface area contributed by atoms with Crippen LogP contribution in [0.25, 0.3) is 0 Å². The van der Waals surface area contributed by atoms with Crippen LogP contribution in [0.15, 0.2) is 0 Å². The molecule has 100 valence electrons. The molecule has 1 aliphatic rings. The molecule has 1 aliphatic carbocycles. The van der Waals surface area contributed by atoms with E-state index in [1.54, 1.807) is 0 Å². The molecule has 1 unspecified atom stereocenters. The molecule has 0 heterocycles. The Kier molecular flexibility index (Phi) is 3.92. The summed E-state index contributed by atoms with van der Waals surface area (Å²) in [7, 11) is 0. The Morgan fingerprint density at radius 3 is 2.00 bits per heavy atom. The van der Waals surface area contributed by atoms with Crippen molar-refractivity contribution in [1.82, 2.24) is 5.32 Å². The number of aliphatic hydroxyl groups is 1. The molecular formula is C14H27NO2. The molecule has 0 saturated heterocycles. The lowest BCUT2D eigenvalue weighted by molar-refractivity contribution is -0.124. The molecule has 0 radical (unpaired) electrons. The lowest BCUT2D eigenvalue weighted by atomic mass is 10.0. The molecule has 1 rings (SSSR count). The molecule has 0 spiro atoms. The third-order valence-corrected chi connectivity index (χ3v) is 4.61. The van der Waals surface area contributed by atoms with Crippen LogP contribution in [0.2, 0.25) is 0 Å². The Labute approximate surface area is 105 Å². The van der Waals surface area contributed by atoms with Gasteiger partial charge in [-0.3, -0.25) is 4.79 Å². The normalized spacial score (nSPS) is 23.5. The van der Waals surface area contributed by atoms with E-state index in [2.05, 4.69) is 46.9 Å². The van der Waals surface area contributed by atoms with E-state index in [0.717, 1.165) is 6.42 Å². The summed E-state index contributed by atoms with van der Waals surface area (Å²) in [5.74, 6) is 0.642. The predicted octanol–water partition coefficient (Wildman–Crippen LogP) is 2.19. The van der Waals surface area contributed by atoms with Gasteiger partial charge >= 0.3 is 0 Å². The minimum atomic E-state index is -0.102. The van der Waals surface area contributed by atoms with Gasteiger partial charge < -0.3 is 10.4 Å². The first-order chi connectivity index (χ1) is 7.64. The fourth-order valence-electron chi connectivity index (χ4n) is 2.88. The zero-order chi connectivity index (χ0) is 13.4. The third-order valence-electron chi connectivity index (χ3n) is 4.61. The van der Waals surface area contributed by atoms with Crippen molar-refractivity contribution >= 4 is 5.91 Å². The van der Waals surface area contributed by atoms with E-state index >= 15 is 0 Å². The summed E-state index contributed by atoms with van der Waals surface area (Å²) >= 11 is 0. The van der Waals surface area contributed by atoms with Crippen molar-refractivity contribution in [3.8, 4) is 0 Å². The first kappa shape index (κ1) is 14.5. The second-order valence-electron chi connectivity index (χ2n) is 6.89. The van der Waals surface area contributed by atoms with Crippen molar-refractivity contribution in [3.05, 3.63) is 0 Å². The van der Waals surface area contributed by atoms with E-state index in [-0.39, 0.29) is 35.3 Å². The molecule has 1 atom stereocenters. The molecule has 1 fully saturated rings. The molecule has 0 bridgehead atoms. The standard InChI is InChI=1S/C14H27NO2/c1-9(2)7-10(8-16)15-12(17)11-13(3,4)14(11,5)6/h9-11,16H,7-8H2,1-6H3,(H,15,17). The average molecular weight is 241 g/mol. The molecule has 2 N–H and O–H groups in total. The quantitative estimate of drug-likeness (QED) is 0.775. The summed E-state index contributed by atoms with van der Waals surface area (Å²) in [5, 5.41) is 12.3. The molecule has 0 aromatic heterocycles. The van der Waals surface area contributed by atoms with Crippen molar-refractivity contribution < 1.29 is 9.90 Å². The van der Waals surface area contributed by atoms with Crippen molar-refractivity contribution in [1.29, 1.82) is 0 Å². The molecule has 1 amide bonds. The second-order valence-corrected chi connectivity index (χ2v) is 6.89. The summed E-state index contributed by atoms with van der Waals surface area (Å²) in [6.07, 6.45) is 0.829. The largest absolute Gasteiger partial charge is 0.394 e. The molecule has 3 heteroatoms. The summed E-state index contributed by atoms with van der Waals surface area (Å²) in [4.78, 5) is 12.2. The Morgan fingerprint density at radius 2 is 1.71 bits per heavy atom. The summed E-state index contributed by atoms with van der Waals surface area (Å²) < 4.78 is 0. The van der Waals surface area contributed by atoms with E-state index in [9.17, 15) is 9.90 Å². The molecule has 0 aromatic carbocycles. The summed E-state index contributed by atoms with van der Waals surface area (Å²) in [5.41, 5.74) is 0.129. The van der Waals surface area contributed by atoms with Crippen LogP contribution in [-0.4, -0.2) is 23.7 Å². The Bertz CT molecular complexity index is 281. The fraction of sp³-hybridized carbons (Fsp3) is 0.929. The van der Waals surface area contributed by atoms with Crippen LogP contribution < -0.4 is 5.32 Å². The number of carbonyl (C=O) groups excluding carboxylic acids is 1. The predicted molar refractivity (Wildman–Crippen MR) is 69.5 cm³/mol. The summed E-state index contributed by atoms with van der Waals surface area (Å²) in [6.45, 7) is 12.7. The smallest absolute Gasteiger partial charge is 0.224 e. The molecule has 1 saturated carbocycles. The maximum atomic E-state index is 12.2. The van der Waals surface area contributed by atoms with Gasteiger partial charge in [0.2, 0.25) is 5.91 Å². The van der Waals surface area contributed by atoms with Crippen molar-refractivity contribution in [3.63, 3.8) is 0 Å². The van der Waals surface area contributed by atoms with E-state index < -0.39 is 0 Å². The first-order valence-corrected chi connectivity index (χ1v) is 6.55. The van der Waals surface area contributed by atoms with E-state index in [0.29, 0.717) is 5.92 Å². The molecule has 0 aromatic rings. The van der Waals surface area contributed by atoms with Crippen LogP contribution in [0.5, 0.6) is 0 Å². The van der Waals surface area contributed by atoms with Gasteiger partial charge in [-0.05, 0) is 23.2 Å². The highest BCUT2D eigenvalue weighted by atomic mass is 16.3. The monoisotopic (exact) mass is 241 g/mol. The minimum Gasteiger partial charge on any atom is -0.394 e. The average Bonchev–Trinajstić information content (AvgIpc) is 2.55. The molecule has 17 heavy (non-hydrogen) atoms. The number of rotatable bonds is 5. The van der Waals surface area contributed by atoms with Crippen LogP contribution in [0, 0.1) is 22.7 Å². The lowest BCUT2D eigenvalue weighted by Gasteiger charge is -2.18. The molecule has 0 aliphatic heterocycles. The van der Waals surface area contributed by atoms with Crippen LogP contribution in [-0.2, 0) is 4.79 Å². The Balaban J connectivity index is 2.56. The van der Waals surface area contributed by atoms with Gasteiger partial charge in [-0.25, -0.2) is 0 Å². The third kappa shape index (κ3) is 2.65. The van der Waals surface area contributed by atoms with Gasteiger partial charge in [0, 0.05) is 5.92 Å². The second kappa shape index (κ2) is 4.60. The summed E-state index contributed by atoms with van der Waals surface area (Å²) in [6, 6.07) is -0.102. The highest BCUT2D eigenvalue weighted by Gasteiger charge is 2.68. The highest BCUT2D eigenvalue weighted by Crippen LogP contribution is 2.68. The zero-order valence-corrected chi connectivity index (χ0v) is 12.0. The fourth-order valence-corrected chi connectivity index (χ4v) is 2.88. The van der Waals surface area contributed by atoms with Gasteiger partial charge in [0.05, 0.1) is 12.6 Å². The SMILES string of the molecule is CC(C)CC(CO)NC(=O)C1C(C)(C)C1(C)C. The van der Waals surface area contributed by atoms with Crippen molar-refractivity contribution in [2.75, 3.05) is 6.61 Å². The van der Waals surface area contributed by atoms with Gasteiger partial charge in [0.15, 0.2) is 0 Å². The van der Waals surface area contributed by atoms with Crippen molar-refractivity contribution in [2.45, 2.75) is 54.0 Å². The number of nitrogens with one attached hydrogen (secondary N) is 1. The van der Waals surface area contributed by atoms with Gasteiger partial charge in [0.25, 0.3) is 0 Å². The Hall–Kier alpha value is -0.570. The molecule has 3 nitrogen and oxygen atoms in total. The molecular weight excluding hydrogens is 214 g/mol. The van der Waals surface area contributed by atoms with Crippen LogP contribution in [0.4, 0.5) is 0 Å². The van der Waals surface area contributed by atoms with Crippen LogP contribution >= 0.6 is 0 Å². The van der Waals surface area contributed by atoms with Crippen LogP contribution in [0.1, 0.15) is 48.0 Å². The van der Waals surface area contributed by atoms with Gasteiger partial charge in [-0.1, -0.05) is 41.5 Å². The van der Waals surface area contributed by atoms with Gasteiger partial charge in [-0.2, -0.15) is 0 Å².